The zero-order valence-corrected chi connectivity index (χ0v) is 24.9. The summed E-state index contributed by atoms with van der Waals surface area (Å²) in [5.74, 6) is 0.842. The average molecular weight is 618 g/mol. The molecule has 4 rings (SSSR count). The molecule has 0 saturated carbocycles. The minimum Gasteiger partial charge on any atom is -0.340 e. The first-order valence-electron chi connectivity index (χ1n) is 15.0. The number of rotatable bonds is 14. The zero-order valence-electron chi connectivity index (χ0n) is 24.9. The molecule has 1 N–H and O–H groups in total. The fourth-order valence-electron chi connectivity index (χ4n) is 5.04. The lowest BCUT2D eigenvalue weighted by Crippen LogP contribution is -2.29. The number of alkyl halides is 6. The van der Waals surface area contributed by atoms with Crippen LogP contribution in [0.1, 0.15) is 69.3 Å². The lowest BCUT2D eigenvalue weighted by molar-refractivity contribution is -0.138. The third-order valence-electron chi connectivity index (χ3n) is 7.41. The van der Waals surface area contributed by atoms with Gasteiger partial charge in [-0.1, -0.05) is 45.6 Å². The van der Waals surface area contributed by atoms with E-state index < -0.39 is 23.5 Å². The van der Waals surface area contributed by atoms with E-state index in [1.54, 1.807) is 12.1 Å². The van der Waals surface area contributed by atoms with Gasteiger partial charge in [0, 0.05) is 35.8 Å². The summed E-state index contributed by atoms with van der Waals surface area (Å²) in [6.07, 6.45) is -0.597. The summed E-state index contributed by atoms with van der Waals surface area (Å²) in [6.45, 7) is 6.92. The highest BCUT2D eigenvalue weighted by Crippen LogP contribution is 2.37. The Balaban J connectivity index is 1.71. The van der Waals surface area contributed by atoms with Crippen LogP contribution in [0.5, 0.6) is 0 Å². The van der Waals surface area contributed by atoms with E-state index in [2.05, 4.69) is 29.0 Å². The van der Waals surface area contributed by atoms with Crippen LogP contribution in [0.4, 0.5) is 37.8 Å². The second-order valence-corrected chi connectivity index (χ2v) is 10.8. The van der Waals surface area contributed by atoms with Crippen LogP contribution in [0.2, 0.25) is 0 Å². The average Bonchev–Trinajstić information content (AvgIpc) is 2.99. The molecular weight excluding hydrogens is 580 g/mol. The number of unbranched alkanes of at least 4 members (excludes halogenated alkanes) is 4. The first-order valence-corrected chi connectivity index (χ1v) is 15.0. The number of anilines is 2. The van der Waals surface area contributed by atoms with Crippen molar-refractivity contribution in [1.82, 2.24) is 19.9 Å². The van der Waals surface area contributed by atoms with Crippen molar-refractivity contribution in [2.24, 2.45) is 0 Å². The summed E-state index contributed by atoms with van der Waals surface area (Å²) in [6, 6.07) is 11.5. The summed E-state index contributed by atoms with van der Waals surface area (Å²) >= 11 is 0. The van der Waals surface area contributed by atoms with Crippen molar-refractivity contribution in [2.45, 2.75) is 71.1 Å². The number of pyridine rings is 1. The first-order chi connectivity index (χ1) is 21.0. The monoisotopic (exact) mass is 617 g/mol. The molecule has 0 saturated heterocycles. The fourth-order valence-corrected chi connectivity index (χ4v) is 5.04. The molecule has 0 radical (unpaired) electrons. The van der Waals surface area contributed by atoms with Crippen LogP contribution in [-0.2, 0) is 18.8 Å². The van der Waals surface area contributed by atoms with E-state index >= 15 is 0 Å². The maximum Gasteiger partial charge on any atom is 0.418 e. The van der Waals surface area contributed by atoms with Gasteiger partial charge in [0.05, 0.1) is 22.3 Å². The van der Waals surface area contributed by atoms with Crippen molar-refractivity contribution in [3.8, 4) is 11.3 Å². The SMILES string of the molecule is CCCCCN(CCCCC)CCc1nc(Nc2ccc(C(F)(F)F)cc2)c2ccc(-c3ncccc3C(F)(F)F)cc2n1. The molecule has 4 aromatic rings. The number of halogens is 6. The smallest absolute Gasteiger partial charge is 0.340 e. The van der Waals surface area contributed by atoms with E-state index in [0.29, 0.717) is 41.2 Å². The number of hydrogen-bond acceptors (Lipinski definition) is 5. The molecule has 5 nitrogen and oxygen atoms in total. The third kappa shape index (κ3) is 8.90. The Bertz CT molecular complexity index is 1490. The molecule has 0 fully saturated rings. The maximum atomic E-state index is 13.8. The van der Waals surface area contributed by atoms with Gasteiger partial charge in [-0.25, -0.2) is 9.97 Å². The van der Waals surface area contributed by atoms with Gasteiger partial charge in [0.25, 0.3) is 0 Å². The molecule has 0 amide bonds. The van der Waals surface area contributed by atoms with Gasteiger partial charge >= 0.3 is 12.4 Å². The van der Waals surface area contributed by atoms with E-state index in [-0.39, 0.29) is 11.3 Å². The van der Waals surface area contributed by atoms with Crippen LogP contribution >= 0.6 is 0 Å². The summed E-state index contributed by atoms with van der Waals surface area (Å²) in [5, 5.41) is 3.62. The van der Waals surface area contributed by atoms with Crippen molar-refractivity contribution in [3.63, 3.8) is 0 Å². The van der Waals surface area contributed by atoms with E-state index in [4.69, 9.17) is 9.97 Å². The van der Waals surface area contributed by atoms with Crippen LogP contribution in [0.15, 0.2) is 60.8 Å². The number of benzene rings is 2. The number of nitrogens with zero attached hydrogens (tertiary/aromatic N) is 4. The van der Waals surface area contributed by atoms with Crippen molar-refractivity contribution in [2.75, 3.05) is 25.0 Å². The van der Waals surface area contributed by atoms with E-state index in [9.17, 15) is 26.3 Å². The Morgan fingerprint density at radius 3 is 2.05 bits per heavy atom. The highest BCUT2D eigenvalue weighted by Gasteiger charge is 2.34. The van der Waals surface area contributed by atoms with Gasteiger partial charge < -0.3 is 10.2 Å². The number of aromatic nitrogens is 3. The summed E-state index contributed by atoms with van der Waals surface area (Å²) < 4.78 is 80.6. The summed E-state index contributed by atoms with van der Waals surface area (Å²) in [7, 11) is 0. The molecule has 2 heterocycles. The van der Waals surface area contributed by atoms with Crippen molar-refractivity contribution >= 4 is 22.4 Å². The second-order valence-electron chi connectivity index (χ2n) is 10.8. The van der Waals surface area contributed by atoms with Crippen molar-refractivity contribution < 1.29 is 26.3 Å². The number of fused-ring (bicyclic) bond motifs is 1. The highest BCUT2D eigenvalue weighted by atomic mass is 19.4. The Morgan fingerprint density at radius 2 is 1.43 bits per heavy atom. The Kier molecular flexibility index (Phi) is 11.2. The summed E-state index contributed by atoms with van der Waals surface area (Å²) in [4.78, 5) is 15.9. The lowest BCUT2D eigenvalue weighted by atomic mass is 10.0. The molecule has 0 atom stereocenters. The standard InChI is InChI=1S/C33H37F6N5/c1-3-5-7-19-44(20-8-6-4-2)21-17-29-42-28-22-23(30-27(33(37,38)39)10-9-18-40-30)11-16-26(28)31(43-29)41-25-14-12-24(13-15-25)32(34,35)36/h9-16,18,22H,3-8,17,19-21H2,1-2H3,(H,41,42,43). The molecule has 44 heavy (non-hydrogen) atoms. The minimum absolute atomic E-state index is 0.211. The lowest BCUT2D eigenvalue weighted by Gasteiger charge is -2.22. The van der Waals surface area contributed by atoms with Gasteiger partial charge in [-0.2, -0.15) is 26.3 Å². The van der Waals surface area contributed by atoms with Gasteiger partial charge in [0.2, 0.25) is 0 Å². The van der Waals surface area contributed by atoms with Crippen molar-refractivity contribution in [1.29, 1.82) is 0 Å². The molecule has 0 aliphatic carbocycles. The Morgan fingerprint density at radius 1 is 0.750 bits per heavy atom. The topological polar surface area (TPSA) is 53.9 Å². The minimum atomic E-state index is -4.59. The predicted molar refractivity (Wildman–Crippen MR) is 162 cm³/mol. The van der Waals surface area contributed by atoms with Gasteiger partial charge in [0.15, 0.2) is 0 Å². The molecule has 2 aromatic carbocycles. The van der Waals surface area contributed by atoms with E-state index in [1.165, 1.54) is 30.5 Å². The molecule has 0 spiro atoms. The van der Waals surface area contributed by atoms with Crippen LogP contribution in [-0.4, -0.2) is 39.5 Å². The molecule has 0 aliphatic heterocycles. The molecule has 0 aliphatic rings. The molecule has 236 valence electrons. The van der Waals surface area contributed by atoms with Crippen LogP contribution in [0.3, 0.4) is 0 Å². The van der Waals surface area contributed by atoms with Crippen LogP contribution in [0.25, 0.3) is 22.2 Å². The fraction of sp³-hybridized carbons (Fsp3) is 0.424. The normalized spacial score (nSPS) is 12.3. The van der Waals surface area contributed by atoms with E-state index in [0.717, 1.165) is 69.8 Å². The maximum absolute atomic E-state index is 13.8. The molecule has 11 heteroatoms. The quantitative estimate of drug-likeness (QED) is 0.113. The highest BCUT2D eigenvalue weighted by molar-refractivity contribution is 5.93. The van der Waals surface area contributed by atoms with Crippen LogP contribution in [0, 0.1) is 0 Å². The van der Waals surface area contributed by atoms with Crippen molar-refractivity contribution in [3.05, 3.63) is 77.7 Å². The predicted octanol–water partition coefficient (Wildman–Crippen LogP) is 9.70. The Hall–Kier alpha value is -3.73. The Labute approximate surface area is 253 Å². The first kappa shape index (κ1) is 33.2. The number of hydrogen-bond donors (Lipinski definition) is 1. The van der Waals surface area contributed by atoms with E-state index in [1.807, 2.05) is 0 Å². The van der Waals surface area contributed by atoms with Gasteiger partial charge in [-0.05, 0) is 74.5 Å². The molecular formula is C33H37F6N5. The third-order valence-corrected chi connectivity index (χ3v) is 7.41. The van der Waals surface area contributed by atoms with Gasteiger partial charge in [-0.3, -0.25) is 4.98 Å². The zero-order chi connectivity index (χ0) is 31.7. The number of nitrogens with one attached hydrogen (secondary N) is 1. The summed E-state index contributed by atoms with van der Waals surface area (Å²) in [5.41, 5.74) is -0.801. The molecule has 0 bridgehead atoms. The van der Waals surface area contributed by atoms with Gasteiger partial charge in [0.1, 0.15) is 11.6 Å². The second kappa shape index (κ2) is 14.8. The molecule has 0 unspecified atom stereocenters. The largest absolute Gasteiger partial charge is 0.418 e. The molecule has 2 aromatic heterocycles. The van der Waals surface area contributed by atoms with Crippen LogP contribution < -0.4 is 5.32 Å². The van der Waals surface area contributed by atoms with Gasteiger partial charge in [-0.15, -0.1) is 0 Å².